The Morgan fingerprint density at radius 1 is 1.28 bits per heavy atom. The van der Waals surface area contributed by atoms with Gasteiger partial charge in [-0.1, -0.05) is 19.9 Å². The van der Waals surface area contributed by atoms with E-state index < -0.39 is 0 Å². The molecule has 1 aromatic rings. The minimum atomic E-state index is 0. The highest BCUT2D eigenvalue weighted by atomic mass is 127. The number of guanidine groups is 1. The summed E-state index contributed by atoms with van der Waals surface area (Å²) in [4.78, 5) is 11.0. The van der Waals surface area contributed by atoms with Crippen molar-refractivity contribution in [2.24, 2.45) is 10.9 Å². The first-order valence-electron chi connectivity index (χ1n) is 10.7. The quantitative estimate of drug-likeness (QED) is 0.305. The van der Waals surface area contributed by atoms with Gasteiger partial charge in [-0.15, -0.1) is 35.3 Å². The minimum absolute atomic E-state index is 0. The number of hydrogen-bond acceptors (Lipinski definition) is 5. The first-order chi connectivity index (χ1) is 13.7. The number of rotatable bonds is 8. The summed E-state index contributed by atoms with van der Waals surface area (Å²) < 4.78 is 5.96. The Morgan fingerprint density at radius 3 is 2.72 bits per heavy atom. The van der Waals surface area contributed by atoms with Gasteiger partial charge in [0.05, 0.1) is 18.8 Å². The second-order valence-corrected chi connectivity index (χ2v) is 9.23. The molecule has 0 radical (unpaired) electrons. The summed E-state index contributed by atoms with van der Waals surface area (Å²) in [5, 5.41) is 9.20. The Morgan fingerprint density at radius 2 is 2.07 bits per heavy atom. The highest BCUT2D eigenvalue weighted by Gasteiger charge is 2.25. The topological polar surface area (TPSA) is 52.1 Å². The molecule has 2 aliphatic rings. The summed E-state index contributed by atoms with van der Waals surface area (Å²) in [5.74, 6) is 1.56. The fraction of sp³-hybridized carbons (Fsp3) is 0.762. The molecule has 0 amide bonds. The van der Waals surface area contributed by atoms with Crippen LogP contribution < -0.4 is 10.6 Å². The van der Waals surface area contributed by atoms with Crippen molar-refractivity contribution in [1.29, 1.82) is 0 Å². The molecule has 166 valence electrons. The maximum Gasteiger partial charge on any atom is 0.191 e. The summed E-state index contributed by atoms with van der Waals surface area (Å²) >= 11 is 1.85. The highest BCUT2D eigenvalue weighted by molar-refractivity contribution is 14.0. The van der Waals surface area contributed by atoms with E-state index in [1.165, 1.54) is 30.8 Å². The zero-order valence-electron chi connectivity index (χ0n) is 18.1. The van der Waals surface area contributed by atoms with E-state index in [9.17, 15) is 0 Å². The van der Waals surface area contributed by atoms with Crippen LogP contribution in [-0.2, 0) is 4.74 Å². The lowest BCUT2D eigenvalue weighted by Gasteiger charge is -2.34. The first kappa shape index (κ1) is 24.8. The Bertz CT molecular complexity index is 592. The zero-order valence-corrected chi connectivity index (χ0v) is 21.2. The molecule has 2 unspecified atom stereocenters. The van der Waals surface area contributed by atoms with E-state index in [1.54, 1.807) is 0 Å². The summed E-state index contributed by atoms with van der Waals surface area (Å²) in [6.07, 6.45) is 2.83. The molecule has 1 aromatic heterocycles. The fourth-order valence-electron chi connectivity index (χ4n) is 4.15. The van der Waals surface area contributed by atoms with Crippen molar-refractivity contribution in [1.82, 2.24) is 20.4 Å². The van der Waals surface area contributed by atoms with Gasteiger partial charge in [-0.25, -0.2) is 0 Å². The van der Waals surface area contributed by atoms with Crippen LogP contribution in [0.4, 0.5) is 0 Å². The monoisotopic (exact) mass is 535 g/mol. The third-order valence-corrected chi connectivity index (χ3v) is 6.46. The second-order valence-electron chi connectivity index (χ2n) is 8.25. The van der Waals surface area contributed by atoms with E-state index in [-0.39, 0.29) is 30.1 Å². The zero-order chi connectivity index (χ0) is 19.8. The number of morpholine rings is 1. The summed E-state index contributed by atoms with van der Waals surface area (Å²) in [5.41, 5.74) is 0. The van der Waals surface area contributed by atoms with Crippen LogP contribution in [0.5, 0.6) is 0 Å². The van der Waals surface area contributed by atoms with E-state index in [0.29, 0.717) is 12.0 Å². The molecule has 0 saturated carbocycles. The standard InChI is InChI=1S/C21H37N5OS.HI/c1-17(2)15-25-10-11-27-18(16-25)13-23-21(22-3)24-14-19(20-7-6-12-28-20)26-8-4-5-9-26;/h6-7,12,17-19H,4-5,8-11,13-16H2,1-3H3,(H2,22,23,24);1H. The van der Waals surface area contributed by atoms with Crippen molar-refractivity contribution in [3.8, 4) is 0 Å². The molecule has 2 aliphatic heterocycles. The summed E-state index contributed by atoms with van der Waals surface area (Å²) in [6, 6.07) is 4.83. The van der Waals surface area contributed by atoms with Gasteiger partial charge in [-0.05, 0) is 43.3 Å². The van der Waals surface area contributed by atoms with Gasteiger partial charge < -0.3 is 15.4 Å². The summed E-state index contributed by atoms with van der Waals surface area (Å²) in [7, 11) is 1.85. The molecule has 6 nitrogen and oxygen atoms in total. The van der Waals surface area contributed by atoms with Crippen molar-refractivity contribution in [2.45, 2.75) is 38.8 Å². The SMILES string of the molecule is CN=C(NCC1CN(CC(C)C)CCO1)NCC(c1cccs1)N1CCCC1.I. The number of hydrogen-bond donors (Lipinski definition) is 2. The molecule has 2 atom stereocenters. The Kier molecular flexibility index (Phi) is 11.2. The van der Waals surface area contributed by atoms with Crippen LogP contribution in [0.25, 0.3) is 0 Å². The molecule has 3 heterocycles. The molecule has 2 saturated heterocycles. The van der Waals surface area contributed by atoms with E-state index >= 15 is 0 Å². The van der Waals surface area contributed by atoms with Gasteiger partial charge in [0.2, 0.25) is 0 Å². The molecular formula is C21H38IN5OS. The van der Waals surface area contributed by atoms with Crippen molar-refractivity contribution < 1.29 is 4.74 Å². The average molecular weight is 536 g/mol. The second kappa shape index (κ2) is 13.1. The molecule has 0 bridgehead atoms. The van der Waals surface area contributed by atoms with Crippen LogP contribution >= 0.6 is 35.3 Å². The predicted molar refractivity (Wildman–Crippen MR) is 134 cm³/mol. The third kappa shape index (κ3) is 7.97. The predicted octanol–water partition coefficient (Wildman–Crippen LogP) is 3.02. The van der Waals surface area contributed by atoms with Gasteiger partial charge >= 0.3 is 0 Å². The number of likely N-dealkylation sites (tertiary alicyclic amines) is 1. The molecule has 0 spiro atoms. The number of nitrogens with one attached hydrogen (secondary N) is 2. The minimum Gasteiger partial charge on any atom is -0.374 e. The van der Waals surface area contributed by atoms with Crippen LogP contribution in [0.15, 0.2) is 22.5 Å². The van der Waals surface area contributed by atoms with E-state index in [2.05, 4.69) is 56.8 Å². The van der Waals surface area contributed by atoms with Crippen molar-refractivity contribution in [2.75, 3.05) is 59.5 Å². The van der Waals surface area contributed by atoms with Crippen molar-refractivity contribution >= 4 is 41.3 Å². The van der Waals surface area contributed by atoms with Crippen LogP contribution in [-0.4, -0.2) is 81.3 Å². The number of halogens is 1. The molecule has 2 fully saturated rings. The van der Waals surface area contributed by atoms with Gasteiger partial charge in [0.1, 0.15) is 0 Å². The average Bonchev–Trinajstić information content (AvgIpc) is 3.39. The lowest BCUT2D eigenvalue weighted by Crippen LogP contribution is -2.50. The van der Waals surface area contributed by atoms with Crippen LogP contribution in [0.1, 0.15) is 37.6 Å². The van der Waals surface area contributed by atoms with Crippen molar-refractivity contribution in [3.63, 3.8) is 0 Å². The van der Waals surface area contributed by atoms with E-state index in [0.717, 1.165) is 45.3 Å². The smallest absolute Gasteiger partial charge is 0.191 e. The number of thiophene rings is 1. The van der Waals surface area contributed by atoms with E-state index in [4.69, 9.17) is 4.74 Å². The lowest BCUT2D eigenvalue weighted by molar-refractivity contribution is -0.0284. The van der Waals surface area contributed by atoms with Gasteiger partial charge in [0.25, 0.3) is 0 Å². The van der Waals surface area contributed by atoms with Gasteiger partial charge in [0.15, 0.2) is 5.96 Å². The maximum atomic E-state index is 5.96. The maximum absolute atomic E-state index is 5.96. The highest BCUT2D eigenvalue weighted by Crippen LogP contribution is 2.27. The van der Waals surface area contributed by atoms with Gasteiger partial charge in [-0.2, -0.15) is 0 Å². The van der Waals surface area contributed by atoms with Gasteiger partial charge in [0, 0.05) is 44.6 Å². The lowest BCUT2D eigenvalue weighted by atomic mass is 10.2. The third-order valence-electron chi connectivity index (χ3n) is 5.48. The molecule has 2 N–H and O–H groups in total. The molecule has 3 rings (SSSR count). The van der Waals surface area contributed by atoms with Crippen LogP contribution in [0, 0.1) is 5.92 Å². The fourth-order valence-corrected chi connectivity index (χ4v) is 5.02. The molecular weight excluding hydrogens is 497 g/mol. The molecule has 8 heteroatoms. The Labute approximate surface area is 197 Å². The first-order valence-corrected chi connectivity index (χ1v) is 11.6. The Balaban J connectivity index is 0.00000300. The number of nitrogens with zero attached hydrogens (tertiary/aromatic N) is 3. The number of aliphatic imine (C=N–C) groups is 1. The molecule has 0 aromatic carbocycles. The molecule has 29 heavy (non-hydrogen) atoms. The molecule has 0 aliphatic carbocycles. The van der Waals surface area contributed by atoms with Crippen LogP contribution in [0.3, 0.4) is 0 Å². The van der Waals surface area contributed by atoms with Crippen molar-refractivity contribution in [3.05, 3.63) is 22.4 Å². The number of ether oxygens (including phenoxy) is 1. The Hall–Kier alpha value is -0.420. The largest absolute Gasteiger partial charge is 0.374 e. The van der Waals surface area contributed by atoms with E-state index in [1.807, 2.05) is 18.4 Å². The van der Waals surface area contributed by atoms with Gasteiger partial charge in [-0.3, -0.25) is 14.8 Å². The normalized spacial score (nSPS) is 22.5. The summed E-state index contributed by atoms with van der Waals surface area (Å²) in [6.45, 7) is 12.6. The van der Waals surface area contributed by atoms with Crippen LogP contribution in [0.2, 0.25) is 0 Å².